The maximum Gasteiger partial charge on any atom is 0.417 e. The summed E-state index contributed by atoms with van der Waals surface area (Å²) in [5.41, 5.74) is -0.846. The Balaban J connectivity index is 1.35. The molecular formula is C72H111ClF5N13O12. The van der Waals surface area contributed by atoms with Crippen LogP contribution in [-0.4, -0.2) is 282 Å². The van der Waals surface area contributed by atoms with E-state index in [4.69, 9.17) is 11.6 Å². The van der Waals surface area contributed by atoms with E-state index in [1.54, 1.807) is 37.5 Å². The predicted molar refractivity (Wildman–Crippen MR) is 375 cm³/mol. The lowest BCUT2D eigenvalue weighted by atomic mass is 9.84. The summed E-state index contributed by atoms with van der Waals surface area (Å²) in [7, 11) is 9.79. The van der Waals surface area contributed by atoms with Gasteiger partial charge in [-0.05, 0) is 100 Å². The number of nitrogens with one attached hydrogen (secondary N) is 3. The number of rotatable bonds is 11. The summed E-state index contributed by atoms with van der Waals surface area (Å²) in [6.07, 6.45) is 0.752. The van der Waals surface area contributed by atoms with Gasteiger partial charge >= 0.3 is 6.18 Å². The minimum Gasteiger partial charge on any atom is -0.354 e. The first-order valence-corrected chi connectivity index (χ1v) is 36.9. The number of aryl methyl sites for hydroxylation is 1. The summed E-state index contributed by atoms with van der Waals surface area (Å²) in [6.45, 7) is 7.41. The van der Waals surface area contributed by atoms with E-state index in [1.807, 2.05) is 0 Å². The topological polar surface area (TPSA) is 273 Å². The van der Waals surface area contributed by atoms with E-state index >= 15 is 4.79 Å². The number of benzene rings is 1. The zero-order chi connectivity index (χ0) is 76.5. The lowest BCUT2D eigenvalue weighted by Crippen LogP contribution is -2.57. The highest BCUT2D eigenvalue weighted by atomic mass is 35.5. The average molecular weight is 1480 g/mol. The number of piperidine rings is 2. The summed E-state index contributed by atoms with van der Waals surface area (Å²) in [6, 6.07) is -6.00. The quantitative estimate of drug-likeness (QED) is 0.234. The van der Waals surface area contributed by atoms with E-state index < -0.39 is 187 Å². The number of fused-ring (bicyclic) bond motifs is 1. The number of carbonyl (C=O) groups excluding carboxylic acids is 12. The van der Waals surface area contributed by atoms with Crippen molar-refractivity contribution >= 4 is 82.5 Å². The molecule has 103 heavy (non-hydrogen) atoms. The molecular weight excluding hydrogens is 1370 g/mol. The molecule has 5 aliphatic rings. The number of carbonyl (C=O) groups is 12. The van der Waals surface area contributed by atoms with Crippen molar-refractivity contribution in [2.24, 2.45) is 17.8 Å². The standard InChI is InChI=1S/C72H111ClF5N13O12/c1-13-46(4)63-69(102)84(8)43-61(96)82(6)44-62(97)87(11)56(37-48-22-16-14-17-23-48)68(101)83(7)42-57(92)80-54(28-26-49-25-27-52(53(73)36-49)72(76,77)78)67(100)91-41-51(89-34-29-71(74,75)30-35-89)38-55(91)66(99)79-31-19-18-24-58(93)88(12)64(45(2)3)70(103)86(10)50(40-60(95)90-32-20-15-21-33-90)39-59(94)85(9)47(5)65(98)81-63/h25,27,36,45-48,50-51,54-56,63-64H,13-24,26,28-35,37-44H2,1-12H3,(H,79,99)(H,80,92)(H,81,98)/t46-,47-,50-,51+,54-,55-,56-,63-,64-/m0/s1. The number of nitrogens with zero attached hydrogens (tertiary/aromatic N) is 10. The second-order valence-corrected chi connectivity index (χ2v) is 30.0. The highest BCUT2D eigenvalue weighted by molar-refractivity contribution is 6.31. The fourth-order valence-corrected chi connectivity index (χ4v) is 14.8. The normalized spacial score (nSPS) is 26.9. The van der Waals surface area contributed by atoms with Gasteiger partial charge in [0, 0.05) is 133 Å². The van der Waals surface area contributed by atoms with Crippen molar-refractivity contribution in [2.75, 3.05) is 108 Å². The van der Waals surface area contributed by atoms with Gasteiger partial charge in [-0.2, -0.15) is 13.2 Å². The summed E-state index contributed by atoms with van der Waals surface area (Å²) in [5.74, 6) is -11.5. The number of halogens is 6. The minimum absolute atomic E-state index is 0.0135. The molecule has 9 atom stereocenters. The summed E-state index contributed by atoms with van der Waals surface area (Å²) in [5, 5.41) is 7.77. The molecule has 0 radical (unpaired) electrons. The first-order valence-electron chi connectivity index (χ1n) is 36.6. The molecule has 578 valence electrons. The van der Waals surface area contributed by atoms with Gasteiger partial charge in [0.15, 0.2) is 0 Å². The van der Waals surface area contributed by atoms with E-state index in [0.717, 1.165) is 78.2 Å². The third kappa shape index (κ3) is 23.4. The number of hydrogen-bond acceptors (Lipinski definition) is 13. The molecule has 0 spiro atoms. The minimum atomic E-state index is -4.79. The van der Waals surface area contributed by atoms with Gasteiger partial charge < -0.3 is 60.0 Å². The van der Waals surface area contributed by atoms with Crippen molar-refractivity contribution in [3.63, 3.8) is 0 Å². The highest BCUT2D eigenvalue weighted by Gasteiger charge is 2.47. The van der Waals surface area contributed by atoms with Gasteiger partial charge in [0.1, 0.15) is 36.3 Å². The molecule has 25 nitrogen and oxygen atoms in total. The molecule has 1 aliphatic carbocycles. The predicted octanol–water partition coefficient (Wildman–Crippen LogP) is 5.43. The van der Waals surface area contributed by atoms with Crippen molar-refractivity contribution in [1.29, 1.82) is 0 Å². The summed E-state index contributed by atoms with van der Waals surface area (Å²) in [4.78, 5) is 187. The number of alkyl halides is 5. The van der Waals surface area contributed by atoms with Gasteiger partial charge in [0.05, 0.1) is 30.2 Å². The third-order valence-corrected chi connectivity index (χ3v) is 22.0. The second kappa shape index (κ2) is 38.2. The Morgan fingerprint density at radius 1 is 0.670 bits per heavy atom. The lowest BCUT2D eigenvalue weighted by molar-refractivity contribution is -0.149. The molecule has 4 heterocycles. The van der Waals surface area contributed by atoms with Crippen molar-refractivity contribution in [3.8, 4) is 0 Å². The SMILES string of the molecule is CC[C@H](C)[C@@H]1NC(=O)[C@H](C)N(C)C(=O)C[C@@H](CC(=O)N2CCCCC2)N(C)C(=O)[C@H](C(C)C)N(C)C(=O)CCCCNC(=O)[C@@H]2C[C@@H](N3CCC(F)(F)CC3)CN2C(=O)[C@H](CCc2ccc(C(F)(F)F)c(Cl)c2)NC(=O)CN(C)C(=O)[C@H](CC2CCCCC2)N(C)C(=O)CN(C)C(=O)CN(C)C1=O. The Hall–Kier alpha value is -7.24. The number of hydrogen-bond donors (Lipinski definition) is 3. The number of amides is 12. The Bertz CT molecular complexity index is 3160. The Labute approximate surface area is 608 Å². The van der Waals surface area contributed by atoms with Crippen molar-refractivity contribution in [1.82, 2.24) is 64.9 Å². The van der Waals surface area contributed by atoms with Crippen LogP contribution in [-0.2, 0) is 70.1 Å². The van der Waals surface area contributed by atoms with E-state index in [-0.39, 0.29) is 94.9 Å². The van der Waals surface area contributed by atoms with Crippen LogP contribution in [0.3, 0.4) is 0 Å². The van der Waals surface area contributed by atoms with Crippen LogP contribution in [0.15, 0.2) is 18.2 Å². The van der Waals surface area contributed by atoms with Crippen LogP contribution in [0, 0.1) is 17.8 Å². The van der Waals surface area contributed by atoms with Crippen LogP contribution < -0.4 is 16.0 Å². The largest absolute Gasteiger partial charge is 0.417 e. The molecule has 5 fully saturated rings. The molecule has 0 aromatic heterocycles. The Kier molecular flexibility index (Phi) is 31.4. The van der Waals surface area contributed by atoms with E-state index in [1.165, 1.54) is 86.8 Å². The van der Waals surface area contributed by atoms with Crippen LogP contribution in [0.1, 0.15) is 168 Å². The molecule has 1 aromatic carbocycles. The van der Waals surface area contributed by atoms with Crippen LogP contribution in [0.2, 0.25) is 5.02 Å². The summed E-state index contributed by atoms with van der Waals surface area (Å²) >= 11 is 6.14. The molecule has 1 aromatic rings. The highest BCUT2D eigenvalue weighted by Crippen LogP contribution is 2.37. The first-order chi connectivity index (χ1) is 48.3. The molecule has 31 heteroatoms. The molecule has 1 saturated carbocycles. The molecule has 6 rings (SSSR count). The molecule has 0 bridgehead atoms. The lowest BCUT2D eigenvalue weighted by Gasteiger charge is -2.38. The monoisotopic (exact) mass is 1480 g/mol. The van der Waals surface area contributed by atoms with Crippen molar-refractivity contribution in [3.05, 3.63) is 34.3 Å². The van der Waals surface area contributed by atoms with E-state index in [9.17, 15) is 74.7 Å². The van der Waals surface area contributed by atoms with Gasteiger partial charge in [-0.15, -0.1) is 0 Å². The number of likely N-dealkylation sites (N-methyl/N-ethyl adjacent to an activating group) is 7. The zero-order valence-corrected chi connectivity index (χ0v) is 63.0. The van der Waals surface area contributed by atoms with Crippen LogP contribution in [0.5, 0.6) is 0 Å². The van der Waals surface area contributed by atoms with Crippen molar-refractivity contribution < 1.29 is 79.5 Å². The van der Waals surface area contributed by atoms with Gasteiger partial charge in [-0.1, -0.05) is 83.9 Å². The molecule has 3 N–H and O–H groups in total. The fraction of sp³-hybridized carbons (Fsp3) is 0.750. The van der Waals surface area contributed by atoms with Gasteiger partial charge in [-0.3, -0.25) is 62.4 Å². The maximum atomic E-state index is 15.3. The average Bonchev–Trinajstić information content (AvgIpc) is 1.73. The van der Waals surface area contributed by atoms with Gasteiger partial charge in [-0.25, -0.2) is 8.78 Å². The van der Waals surface area contributed by atoms with Gasteiger partial charge in [0.25, 0.3) is 5.92 Å². The Morgan fingerprint density at radius 3 is 1.90 bits per heavy atom. The first kappa shape index (κ1) is 84.7. The third-order valence-electron chi connectivity index (χ3n) is 21.7. The van der Waals surface area contributed by atoms with Crippen LogP contribution in [0.25, 0.3) is 0 Å². The van der Waals surface area contributed by atoms with E-state index in [2.05, 4.69) is 16.0 Å². The molecule has 4 aliphatic heterocycles. The van der Waals surface area contributed by atoms with E-state index in [0.29, 0.717) is 19.5 Å². The van der Waals surface area contributed by atoms with Crippen molar-refractivity contribution in [2.45, 2.75) is 223 Å². The van der Waals surface area contributed by atoms with Gasteiger partial charge in [0.2, 0.25) is 70.9 Å². The van der Waals surface area contributed by atoms with Crippen LogP contribution >= 0.6 is 11.6 Å². The number of likely N-dealkylation sites (tertiary alicyclic amines) is 2. The second-order valence-electron chi connectivity index (χ2n) is 29.6. The molecule has 0 unspecified atom stereocenters. The zero-order valence-electron chi connectivity index (χ0n) is 62.2. The summed E-state index contributed by atoms with van der Waals surface area (Å²) < 4.78 is 70.9. The maximum absolute atomic E-state index is 15.3. The van der Waals surface area contributed by atoms with Crippen LogP contribution in [0.4, 0.5) is 22.0 Å². The smallest absolute Gasteiger partial charge is 0.354 e. The molecule has 12 amide bonds. The molecule has 4 saturated heterocycles. The fourth-order valence-electron chi connectivity index (χ4n) is 14.5. The Morgan fingerprint density at radius 2 is 1.29 bits per heavy atom.